The molecule has 3 aromatic rings. The van der Waals surface area contributed by atoms with E-state index in [-0.39, 0.29) is 11.7 Å². The molecule has 0 aliphatic carbocycles. The Morgan fingerprint density at radius 2 is 1.91 bits per heavy atom. The van der Waals surface area contributed by atoms with E-state index in [2.05, 4.69) is 26.9 Å². The van der Waals surface area contributed by atoms with Gasteiger partial charge in [0.25, 0.3) is 5.89 Å². The standard InChI is InChI=1S/C24H30FN5O2S/c1-2-10-30(17-22-26-27-24(32-22)21-5-3-15-33-21)23(31)18-29-12-4-11-28(13-14-29)16-19-6-8-20(25)9-7-19/h3,5-9,15H,2,4,10-14,16-18H2,1H3. The molecule has 7 nitrogen and oxygen atoms in total. The number of carbonyl (C=O) groups excluding carboxylic acids is 1. The van der Waals surface area contributed by atoms with E-state index in [4.69, 9.17) is 4.42 Å². The summed E-state index contributed by atoms with van der Waals surface area (Å²) in [4.78, 5) is 20.4. The number of amides is 1. The normalized spacial score (nSPS) is 15.5. The number of hydrogen-bond acceptors (Lipinski definition) is 7. The van der Waals surface area contributed by atoms with Crippen molar-refractivity contribution in [1.29, 1.82) is 0 Å². The zero-order valence-corrected chi connectivity index (χ0v) is 19.8. The summed E-state index contributed by atoms with van der Waals surface area (Å²) in [6.45, 7) is 7.79. The summed E-state index contributed by atoms with van der Waals surface area (Å²) in [6.07, 6.45) is 1.86. The summed E-state index contributed by atoms with van der Waals surface area (Å²) in [6, 6.07) is 10.6. The minimum absolute atomic E-state index is 0.0831. The van der Waals surface area contributed by atoms with Gasteiger partial charge in [0, 0.05) is 26.2 Å². The third-order valence-electron chi connectivity index (χ3n) is 5.73. The first-order valence-electron chi connectivity index (χ1n) is 11.4. The van der Waals surface area contributed by atoms with Crippen LogP contribution >= 0.6 is 11.3 Å². The molecule has 0 saturated carbocycles. The number of hydrogen-bond donors (Lipinski definition) is 0. The maximum atomic E-state index is 13.2. The van der Waals surface area contributed by atoms with Crippen molar-refractivity contribution >= 4 is 17.2 Å². The van der Waals surface area contributed by atoms with Gasteiger partial charge in [-0.25, -0.2) is 4.39 Å². The van der Waals surface area contributed by atoms with Crippen LogP contribution in [0.4, 0.5) is 4.39 Å². The third-order valence-corrected chi connectivity index (χ3v) is 6.59. The highest BCUT2D eigenvalue weighted by molar-refractivity contribution is 7.13. The Morgan fingerprint density at radius 1 is 1.12 bits per heavy atom. The van der Waals surface area contributed by atoms with Gasteiger partial charge in [-0.1, -0.05) is 25.1 Å². The molecule has 1 amide bonds. The number of rotatable bonds is 9. The van der Waals surface area contributed by atoms with Gasteiger partial charge in [-0.05, 0) is 55.1 Å². The van der Waals surface area contributed by atoms with Crippen LogP contribution in [0.1, 0.15) is 31.2 Å². The minimum Gasteiger partial charge on any atom is -0.418 e. The van der Waals surface area contributed by atoms with Crippen molar-refractivity contribution < 1.29 is 13.6 Å². The molecule has 33 heavy (non-hydrogen) atoms. The molecule has 1 aliphatic heterocycles. The molecule has 4 rings (SSSR count). The highest BCUT2D eigenvalue weighted by atomic mass is 32.1. The number of benzene rings is 1. The third kappa shape index (κ3) is 6.69. The van der Waals surface area contributed by atoms with Crippen LogP contribution in [-0.2, 0) is 17.9 Å². The molecular formula is C24H30FN5O2S. The van der Waals surface area contributed by atoms with Crippen molar-refractivity contribution in [2.75, 3.05) is 39.3 Å². The summed E-state index contributed by atoms with van der Waals surface area (Å²) in [5.41, 5.74) is 1.11. The van der Waals surface area contributed by atoms with Crippen molar-refractivity contribution in [3.8, 4) is 10.8 Å². The second-order valence-electron chi connectivity index (χ2n) is 8.33. The van der Waals surface area contributed by atoms with Gasteiger partial charge >= 0.3 is 0 Å². The number of nitrogens with zero attached hydrogens (tertiary/aromatic N) is 5. The molecule has 0 radical (unpaired) electrons. The maximum Gasteiger partial charge on any atom is 0.257 e. The molecule has 1 aromatic carbocycles. The van der Waals surface area contributed by atoms with Crippen LogP contribution in [0.25, 0.3) is 10.8 Å². The van der Waals surface area contributed by atoms with Crippen LogP contribution in [0.3, 0.4) is 0 Å². The summed E-state index contributed by atoms with van der Waals surface area (Å²) >= 11 is 1.55. The van der Waals surface area contributed by atoms with E-state index in [0.717, 1.165) is 56.0 Å². The van der Waals surface area contributed by atoms with Crippen LogP contribution in [0.5, 0.6) is 0 Å². The van der Waals surface area contributed by atoms with Gasteiger partial charge in [0.1, 0.15) is 5.82 Å². The van der Waals surface area contributed by atoms with Gasteiger partial charge in [-0.2, -0.15) is 0 Å². The lowest BCUT2D eigenvalue weighted by Crippen LogP contribution is -2.41. The number of halogens is 1. The fourth-order valence-electron chi connectivity index (χ4n) is 4.02. The zero-order valence-electron chi connectivity index (χ0n) is 19.0. The Kier molecular flexibility index (Phi) is 8.20. The van der Waals surface area contributed by atoms with E-state index < -0.39 is 0 Å². The monoisotopic (exact) mass is 471 g/mol. The van der Waals surface area contributed by atoms with Gasteiger partial charge in [0.15, 0.2) is 0 Å². The zero-order chi connectivity index (χ0) is 23.0. The number of thiophene rings is 1. The van der Waals surface area contributed by atoms with Crippen LogP contribution in [0, 0.1) is 5.82 Å². The minimum atomic E-state index is -0.209. The topological polar surface area (TPSA) is 65.7 Å². The molecule has 3 heterocycles. The van der Waals surface area contributed by atoms with Crippen molar-refractivity contribution in [3.05, 3.63) is 59.0 Å². The summed E-state index contributed by atoms with van der Waals surface area (Å²) in [5.74, 6) is 0.832. The van der Waals surface area contributed by atoms with Crippen LogP contribution < -0.4 is 0 Å². The average Bonchev–Trinajstić information content (AvgIpc) is 3.46. The summed E-state index contributed by atoms with van der Waals surface area (Å²) in [7, 11) is 0. The van der Waals surface area contributed by atoms with Gasteiger partial charge in [-0.15, -0.1) is 21.5 Å². The Hall–Kier alpha value is -2.62. The molecule has 2 aromatic heterocycles. The second-order valence-corrected chi connectivity index (χ2v) is 9.27. The molecule has 1 aliphatic rings. The second kappa shape index (κ2) is 11.5. The van der Waals surface area contributed by atoms with Crippen LogP contribution in [-0.4, -0.2) is 70.1 Å². The molecule has 0 atom stereocenters. The molecule has 0 N–H and O–H groups in total. The van der Waals surface area contributed by atoms with E-state index in [1.54, 1.807) is 11.3 Å². The van der Waals surface area contributed by atoms with E-state index in [1.165, 1.54) is 12.1 Å². The first-order chi connectivity index (χ1) is 16.1. The van der Waals surface area contributed by atoms with Gasteiger partial charge in [-0.3, -0.25) is 14.6 Å². The molecule has 1 fully saturated rings. The smallest absolute Gasteiger partial charge is 0.257 e. The van der Waals surface area contributed by atoms with Crippen LogP contribution in [0.15, 0.2) is 46.2 Å². The van der Waals surface area contributed by atoms with E-state index in [0.29, 0.717) is 31.4 Å². The lowest BCUT2D eigenvalue weighted by molar-refractivity contribution is -0.133. The quantitative estimate of drug-likeness (QED) is 0.472. The predicted octanol–water partition coefficient (Wildman–Crippen LogP) is 3.88. The van der Waals surface area contributed by atoms with Crippen molar-refractivity contribution in [1.82, 2.24) is 24.9 Å². The molecule has 0 spiro atoms. The van der Waals surface area contributed by atoms with Crippen molar-refractivity contribution in [3.63, 3.8) is 0 Å². The molecule has 1 saturated heterocycles. The summed E-state index contributed by atoms with van der Waals surface area (Å²) < 4.78 is 19.0. The van der Waals surface area contributed by atoms with Gasteiger partial charge < -0.3 is 9.32 Å². The lowest BCUT2D eigenvalue weighted by atomic mass is 10.2. The van der Waals surface area contributed by atoms with Gasteiger partial charge in [0.05, 0.1) is 18.0 Å². The van der Waals surface area contributed by atoms with Gasteiger partial charge in [0.2, 0.25) is 11.8 Å². The number of aromatic nitrogens is 2. The largest absolute Gasteiger partial charge is 0.418 e. The molecular weight excluding hydrogens is 441 g/mol. The number of carbonyl (C=O) groups is 1. The SMILES string of the molecule is CCCN(Cc1nnc(-c2cccs2)o1)C(=O)CN1CCCN(Cc2ccc(F)cc2)CC1. The fraction of sp³-hybridized carbons (Fsp3) is 0.458. The van der Waals surface area contributed by atoms with E-state index >= 15 is 0 Å². The van der Waals surface area contributed by atoms with E-state index in [9.17, 15) is 9.18 Å². The predicted molar refractivity (Wildman–Crippen MR) is 126 cm³/mol. The highest BCUT2D eigenvalue weighted by Crippen LogP contribution is 2.23. The molecule has 0 unspecified atom stereocenters. The first-order valence-corrected chi connectivity index (χ1v) is 12.3. The highest BCUT2D eigenvalue weighted by Gasteiger charge is 2.22. The Balaban J connectivity index is 1.30. The molecule has 0 bridgehead atoms. The Morgan fingerprint density at radius 3 is 2.67 bits per heavy atom. The van der Waals surface area contributed by atoms with E-state index in [1.807, 2.05) is 34.5 Å². The van der Waals surface area contributed by atoms with Crippen LogP contribution in [0.2, 0.25) is 0 Å². The Bertz CT molecular complexity index is 1010. The first kappa shape index (κ1) is 23.5. The average molecular weight is 472 g/mol. The summed E-state index contributed by atoms with van der Waals surface area (Å²) in [5, 5.41) is 10.2. The molecule has 176 valence electrons. The Labute approximate surface area is 197 Å². The lowest BCUT2D eigenvalue weighted by Gasteiger charge is -2.25. The molecule has 9 heteroatoms. The van der Waals surface area contributed by atoms with Crippen molar-refractivity contribution in [2.24, 2.45) is 0 Å². The van der Waals surface area contributed by atoms with Crippen molar-refractivity contribution in [2.45, 2.75) is 32.9 Å². The maximum absolute atomic E-state index is 13.2. The fourth-order valence-corrected chi connectivity index (χ4v) is 4.67.